The van der Waals surface area contributed by atoms with Crippen molar-refractivity contribution in [3.63, 3.8) is 0 Å². The van der Waals surface area contributed by atoms with Crippen molar-refractivity contribution in [1.82, 2.24) is 0 Å². The third-order valence-electron chi connectivity index (χ3n) is 2.21. The highest BCUT2D eigenvalue weighted by Crippen LogP contribution is 2.43. The van der Waals surface area contributed by atoms with Gasteiger partial charge in [0.15, 0.2) is 5.78 Å². The average molecular weight is 177 g/mol. The summed E-state index contributed by atoms with van der Waals surface area (Å²) in [6, 6.07) is 0. The summed E-state index contributed by atoms with van der Waals surface area (Å²) < 4.78 is 0. The Bertz CT molecular complexity index is 173. The fraction of sp³-hybridized carbons (Fsp3) is 0.833. The molecule has 1 rings (SSSR count). The van der Waals surface area contributed by atoms with E-state index in [1.807, 2.05) is 0 Å². The Balaban J connectivity index is 2.60. The first-order valence-electron chi connectivity index (χ1n) is 3.50. The van der Waals surface area contributed by atoms with Crippen LogP contribution in [0.1, 0.15) is 12.8 Å². The van der Waals surface area contributed by atoms with Gasteiger partial charge in [0, 0.05) is 14.5 Å². The SMILES string of the molecule is NCC(=O)C1(O)CCC1PO. The first-order valence-corrected chi connectivity index (χ1v) is 4.53. The van der Waals surface area contributed by atoms with E-state index in [1.165, 1.54) is 0 Å². The van der Waals surface area contributed by atoms with Crippen LogP contribution in [-0.2, 0) is 4.79 Å². The van der Waals surface area contributed by atoms with E-state index in [9.17, 15) is 9.90 Å². The zero-order valence-electron chi connectivity index (χ0n) is 6.08. The molecule has 0 aromatic carbocycles. The molecule has 0 spiro atoms. The van der Waals surface area contributed by atoms with Crippen molar-refractivity contribution < 1.29 is 14.8 Å². The number of rotatable bonds is 3. The third kappa shape index (κ3) is 1.32. The van der Waals surface area contributed by atoms with Crippen LogP contribution in [0.15, 0.2) is 0 Å². The normalized spacial score (nSPS) is 37.5. The Labute approximate surface area is 66.6 Å². The molecule has 1 fully saturated rings. The monoisotopic (exact) mass is 177 g/mol. The Hall–Kier alpha value is -0.0200. The van der Waals surface area contributed by atoms with Crippen molar-refractivity contribution in [1.29, 1.82) is 0 Å². The number of Topliss-reactive ketones (excluding diaryl/α,β-unsaturated/α-hetero) is 1. The second kappa shape index (κ2) is 3.15. The fourth-order valence-electron chi connectivity index (χ4n) is 1.24. The number of aliphatic hydroxyl groups is 1. The van der Waals surface area contributed by atoms with E-state index in [4.69, 9.17) is 10.6 Å². The number of carbonyl (C=O) groups is 1. The molecule has 0 saturated heterocycles. The third-order valence-corrected chi connectivity index (χ3v) is 3.29. The van der Waals surface area contributed by atoms with Gasteiger partial charge in [-0.05, 0) is 12.8 Å². The molecule has 0 amide bonds. The molecule has 4 nitrogen and oxygen atoms in total. The van der Waals surface area contributed by atoms with Gasteiger partial charge >= 0.3 is 0 Å². The predicted molar refractivity (Wildman–Crippen MR) is 42.6 cm³/mol. The molecule has 3 unspecified atom stereocenters. The van der Waals surface area contributed by atoms with Crippen LogP contribution in [0.3, 0.4) is 0 Å². The quantitative estimate of drug-likeness (QED) is 0.482. The van der Waals surface area contributed by atoms with E-state index in [2.05, 4.69) is 0 Å². The van der Waals surface area contributed by atoms with Gasteiger partial charge in [0.25, 0.3) is 0 Å². The Morgan fingerprint density at radius 3 is 2.73 bits per heavy atom. The average Bonchev–Trinajstić information content (AvgIpc) is 2.00. The first-order chi connectivity index (χ1) is 5.15. The van der Waals surface area contributed by atoms with Crippen LogP contribution in [-0.4, -0.2) is 33.6 Å². The largest absolute Gasteiger partial charge is 0.381 e. The fourth-order valence-corrected chi connectivity index (χ4v) is 2.04. The lowest BCUT2D eigenvalue weighted by Gasteiger charge is -2.42. The van der Waals surface area contributed by atoms with Gasteiger partial charge in [-0.1, -0.05) is 0 Å². The van der Waals surface area contributed by atoms with E-state index in [-0.39, 0.29) is 26.8 Å². The van der Waals surface area contributed by atoms with Gasteiger partial charge < -0.3 is 15.7 Å². The van der Waals surface area contributed by atoms with E-state index >= 15 is 0 Å². The maximum absolute atomic E-state index is 11.0. The topological polar surface area (TPSA) is 83.6 Å². The van der Waals surface area contributed by atoms with Crippen molar-refractivity contribution >= 4 is 14.6 Å². The van der Waals surface area contributed by atoms with Crippen LogP contribution in [0, 0.1) is 0 Å². The molecule has 0 aromatic rings. The van der Waals surface area contributed by atoms with E-state index in [1.54, 1.807) is 0 Å². The molecule has 1 saturated carbocycles. The summed E-state index contributed by atoms with van der Waals surface area (Å²) in [6.45, 7) is -0.141. The van der Waals surface area contributed by atoms with Gasteiger partial charge in [0.2, 0.25) is 0 Å². The molecule has 3 atom stereocenters. The molecule has 0 aliphatic heterocycles. The van der Waals surface area contributed by atoms with Gasteiger partial charge in [-0.2, -0.15) is 0 Å². The molecule has 1 aliphatic rings. The van der Waals surface area contributed by atoms with E-state index in [0.29, 0.717) is 6.42 Å². The van der Waals surface area contributed by atoms with Crippen molar-refractivity contribution in [3.05, 3.63) is 0 Å². The summed E-state index contributed by atoms with van der Waals surface area (Å²) in [6.07, 6.45) is 1.17. The molecule has 0 aromatic heterocycles. The highest BCUT2D eigenvalue weighted by Gasteiger charge is 2.50. The second-order valence-electron chi connectivity index (χ2n) is 2.77. The minimum Gasteiger partial charge on any atom is -0.381 e. The maximum Gasteiger partial charge on any atom is 0.178 e. The summed E-state index contributed by atoms with van der Waals surface area (Å²) in [5.74, 6) is -0.352. The van der Waals surface area contributed by atoms with Crippen molar-refractivity contribution in [3.8, 4) is 0 Å². The summed E-state index contributed by atoms with van der Waals surface area (Å²) >= 11 is 0. The summed E-state index contributed by atoms with van der Waals surface area (Å²) in [4.78, 5) is 19.7. The van der Waals surface area contributed by atoms with Gasteiger partial charge in [-0.3, -0.25) is 4.79 Å². The number of ketones is 1. The summed E-state index contributed by atoms with van der Waals surface area (Å²) in [7, 11) is -0.361. The molecule has 0 heterocycles. The molecule has 64 valence electrons. The van der Waals surface area contributed by atoms with Crippen LogP contribution < -0.4 is 5.73 Å². The Kier molecular flexibility index (Phi) is 2.60. The standard InChI is InChI=1S/C6H12NO3P/c7-3-4(8)6(9)2-1-5(6)11-10/h5,9-11H,1-3,7H2. The van der Waals surface area contributed by atoms with Crippen LogP contribution in [0.5, 0.6) is 0 Å². The number of carbonyl (C=O) groups excluding carboxylic acids is 1. The molecule has 1 aliphatic carbocycles. The van der Waals surface area contributed by atoms with E-state index < -0.39 is 5.60 Å². The van der Waals surface area contributed by atoms with Gasteiger partial charge in [-0.15, -0.1) is 0 Å². The lowest BCUT2D eigenvalue weighted by atomic mass is 9.76. The minimum absolute atomic E-state index is 0.141. The predicted octanol–water partition coefficient (Wildman–Crippen LogP) is -1.01. The molecule has 11 heavy (non-hydrogen) atoms. The molecular formula is C6H12NO3P. The van der Waals surface area contributed by atoms with Crippen LogP contribution in [0.25, 0.3) is 0 Å². The Morgan fingerprint density at radius 1 is 1.82 bits per heavy atom. The first kappa shape index (κ1) is 9.07. The minimum atomic E-state index is -1.30. The van der Waals surface area contributed by atoms with Gasteiger partial charge in [0.05, 0.1) is 6.54 Å². The molecule has 4 N–H and O–H groups in total. The zero-order valence-corrected chi connectivity index (χ0v) is 7.08. The molecular weight excluding hydrogens is 165 g/mol. The summed E-state index contributed by atoms with van der Waals surface area (Å²) in [5, 5.41) is 9.56. The maximum atomic E-state index is 11.0. The summed E-state index contributed by atoms with van der Waals surface area (Å²) in [5.41, 5.74) is 3.53. The van der Waals surface area contributed by atoms with Crippen molar-refractivity contribution in [2.45, 2.75) is 24.1 Å². The van der Waals surface area contributed by atoms with Gasteiger partial charge in [-0.25, -0.2) is 0 Å². The van der Waals surface area contributed by atoms with Crippen molar-refractivity contribution in [2.75, 3.05) is 6.54 Å². The van der Waals surface area contributed by atoms with Crippen LogP contribution in [0.4, 0.5) is 0 Å². The Morgan fingerprint density at radius 2 is 2.45 bits per heavy atom. The highest BCUT2D eigenvalue weighted by atomic mass is 31.1. The molecule has 0 radical (unpaired) electrons. The zero-order chi connectivity index (χ0) is 8.48. The van der Waals surface area contributed by atoms with Crippen molar-refractivity contribution in [2.24, 2.45) is 5.73 Å². The number of nitrogens with two attached hydrogens (primary N) is 1. The van der Waals surface area contributed by atoms with E-state index in [0.717, 1.165) is 6.42 Å². The number of hydrogen-bond donors (Lipinski definition) is 3. The van der Waals surface area contributed by atoms with Crippen LogP contribution >= 0.6 is 8.81 Å². The smallest absolute Gasteiger partial charge is 0.178 e. The lowest BCUT2D eigenvalue weighted by molar-refractivity contribution is -0.143. The second-order valence-corrected chi connectivity index (χ2v) is 3.73. The molecule has 0 bridgehead atoms. The van der Waals surface area contributed by atoms with Gasteiger partial charge in [0.1, 0.15) is 5.60 Å². The highest BCUT2D eigenvalue weighted by molar-refractivity contribution is 7.32. The molecule has 5 heteroatoms. The number of hydrogen-bond acceptors (Lipinski definition) is 4. The lowest BCUT2D eigenvalue weighted by Crippen LogP contribution is -2.57. The van der Waals surface area contributed by atoms with Crippen LogP contribution in [0.2, 0.25) is 0 Å².